The second-order valence-electron chi connectivity index (χ2n) is 8.98. The Morgan fingerprint density at radius 2 is 1.47 bits per heavy atom. The normalized spacial score (nSPS) is 17.8. The zero-order valence-corrected chi connectivity index (χ0v) is 19.0. The number of likely N-dealkylation sites (tertiary alicyclic amines) is 2. The molecule has 2 aromatic rings. The Labute approximate surface area is 197 Å². The first-order chi connectivity index (χ1) is 16.4. The van der Waals surface area contributed by atoms with E-state index < -0.39 is 23.6 Å². The number of carbonyl (C=O) groups is 3. The van der Waals surface area contributed by atoms with Gasteiger partial charge in [0.2, 0.25) is 5.91 Å². The van der Waals surface area contributed by atoms with Crippen molar-refractivity contribution in [1.82, 2.24) is 15.1 Å². The van der Waals surface area contributed by atoms with Crippen molar-refractivity contribution >= 4 is 17.7 Å². The van der Waals surface area contributed by atoms with Gasteiger partial charge in [0, 0.05) is 37.3 Å². The van der Waals surface area contributed by atoms with Crippen LogP contribution in [-0.2, 0) is 4.79 Å². The molecular formula is C26H29F2N3O3. The Hall–Kier alpha value is -3.29. The van der Waals surface area contributed by atoms with E-state index in [1.54, 1.807) is 11.0 Å². The molecule has 2 aromatic carbocycles. The maximum atomic E-state index is 13.5. The van der Waals surface area contributed by atoms with Gasteiger partial charge < -0.3 is 15.1 Å². The molecule has 34 heavy (non-hydrogen) atoms. The van der Waals surface area contributed by atoms with Gasteiger partial charge in [-0.2, -0.15) is 0 Å². The smallest absolute Gasteiger partial charge is 0.253 e. The zero-order chi connectivity index (χ0) is 24.1. The summed E-state index contributed by atoms with van der Waals surface area (Å²) < 4.78 is 26.8. The van der Waals surface area contributed by atoms with Gasteiger partial charge in [-0.1, -0.05) is 6.07 Å². The van der Waals surface area contributed by atoms with E-state index in [0.717, 1.165) is 19.3 Å². The van der Waals surface area contributed by atoms with E-state index in [1.165, 1.54) is 42.5 Å². The Kier molecular flexibility index (Phi) is 7.55. The van der Waals surface area contributed by atoms with Crippen LogP contribution in [-0.4, -0.2) is 59.7 Å². The van der Waals surface area contributed by atoms with Crippen LogP contribution in [0.25, 0.3) is 0 Å². The van der Waals surface area contributed by atoms with Crippen LogP contribution in [0.15, 0.2) is 48.5 Å². The molecule has 180 valence electrons. The van der Waals surface area contributed by atoms with Crippen LogP contribution in [0, 0.1) is 17.6 Å². The van der Waals surface area contributed by atoms with Gasteiger partial charge in [0.1, 0.15) is 17.7 Å². The molecular weight excluding hydrogens is 440 g/mol. The minimum atomic E-state index is -0.720. The van der Waals surface area contributed by atoms with Crippen LogP contribution in [0.1, 0.15) is 52.8 Å². The highest BCUT2D eigenvalue weighted by atomic mass is 19.1. The monoisotopic (exact) mass is 469 g/mol. The van der Waals surface area contributed by atoms with E-state index in [0.29, 0.717) is 44.6 Å². The molecule has 0 unspecified atom stereocenters. The summed E-state index contributed by atoms with van der Waals surface area (Å²) in [6.07, 6.45) is 4.02. The molecule has 2 aliphatic rings. The summed E-state index contributed by atoms with van der Waals surface area (Å²) in [5, 5.41) is 2.90. The number of carbonyl (C=O) groups excluding carboxylic acids is 3. The molecule has 0 bridgehead atoms. The molecule has 1 atom stereocenters. The van der Waals surface area contributed by atoms with Crippen LogP contribution in [0.2, 0.25) is 0 Å². The molecule has 2 aliphatic heterocycles. The topological polar surface area (TPSA) is 69.7 Å². The van der Waals surface area contributed by atoms with Crippen molar-refractivity contribution in [2.45, 2.75) is 38.1 Å². The third kappa shape index (κ3) is 5.61. The van der Waals surface area contributed by atoms with Gasteiger partial charge in [-0.25, -0.2) is 8.78 Å². The summed E-state index contributed by atoms with van der Waals surface area (Å²) in [6.45, 7) is 2.16. The molecule has 3 amide bonds. The highest BCUT2D eigenvalue weighted by Crippen LogP contribution is 2.25. The van der Waals surface area contributed by atoms with Gasteiger partial charge in [-0.3, -0.25) is 14.4 Å². The maximum Gasteiger partial charge on any atom is 0.253 e. The van der Waals surface area contributed by atoms with Gasteiger partial charge in [0.25, 0.3) is 11.8 Å². The molecule has 0 saturated carbocycles. The minimum Gasteiger partial charge on any atom is -0.341 e. The fourth-order valence-corrected chi connectivity index (χ4v) is 4.76. The van der Waals surface area contributed by atoms with Crippen molar-refractivity contribution in [3.8, 4) is 0 Å². The molecule has 2 saturated heterocycles. The molecule has 4 rings (SSSR count). The molecule has 2 heterocycles. The predicted octanol–water partition coefficient (Wildman–Crippen LogP) is 3.63. The number of benzene rings is 2. The van der Waals surface area contributed by atoms with E-state index in [1.807, 2.05) is 4.90 Å². The molecule has 6 nitrogen and oxygen atoms in total. The van der Waals surface area contributed by atoms with Crippen molar-refractivity contribution in [2.75, 3.05) is 26.2 Å². The lowest BCUT2D eigenvalue weighted by Crippen LogP contribution is -2.55. The number of piperidine rings is 2. The third-order valence-corrected chi connectivity index (χ3v) is 6.70. The highest BCUT2D eigenvalue weighted by molar-refractivity contribution is 5.97. The number of nitrogens with zero attached hydrogens (tertiary/aromatic N) is 2. The average molecular weight is 470 g/mol. The van der Waals surface area contributed by atoms with E-state index >= 15 is 0 Å². The standard InChI is InChI=1S/C26H29F2N3O3/c27-21-9-7-19(8-10-21)24(32)29-23(26(34)30-13-2-1-3-14-30)18-11-15-31(16-12-18)25(33)20-5-4-6-22(28)17-20/h4-10,17-18,23H,1-3,11-16H2,(H,29,32)/t23-/m1/s1. The SMILES string of the molecule is O=C(N[C@@H](C(=O)N1CCCCC1)C1CCN(C(=O)c2cccc(F)c2)CC1)c1ccc(F)cc1. The lowest BCUT2D eigenvalue weighted by Gasteiger charge is -2.38. The van der Waals surface area contributed by atoms with Gasteiger partial charge in [0.05, 0.1) is 0 Å². The summed E-state index contributed by atoms with van der Waals surface area (Å²) >= 11 is 0. The first-order valence-corrected chi connectivity index (χ1v) is 11.8. The lowest BCUT2D eigenvalue weighted by molar-refractivity contribution is -0.136. The minimum absolute atomic E-state index is 0.106. The predicted molar refractivity (Wildman–Crippen MR) is 123 cm³/mol. The van der Waals surface area contributed by atoms with Crippen LogP contribution in [0.3, 0.4) is 0 Å². The second kappa shape index (κ2) is 10.8. The Bertz CT molecular complexity index is 1030. The van der Waals surface area contributed by atoms with Gasteiger partial charge in [0.15, 0.2) is 0 Å². The van der Waals surface area contributed by atoms with Crippen molar-refractivity contribution in [3.63, 3.8) is 0 Å². The Balaban J connectivity index is 1.46. The van der Waals surface area contributed by atoms with Crippen molar-refractivity contribution in [2.24, 2.45) is 5.92 Å². The maximum absolute atomic E-state index is 13.5. The van der Waals surface area contributed by atoms with Gasteiger partial charge in [-0.05, 0) is 80.5 Å². The first-order valence-electron chi connectivity index (χ1n) is 11.8. The molecule has 0 aliphatic carbocycles. The summed E-state index contributed by atoms with van der Waals surface area (Å²) in [5.41, 5.74) is 0.584. The first kappa shape index (κ1) is 23.9. The van der Waals surface area contributed by atoms with Crippen LogP contribution in [0.5, 0.6) is 0 Å². The van der Waals surface area contributed by atoms with Gasteiger partial charge >= 0.3 is 0 Å². The molecule has 2 fully saturated rings. The summed E-state index contributed by atoms with van der Waals surface area (Å²) in [6, 6.07) is 10.1. The fraction of sp³-hybridized carbons (Fsp3) is 0.423. The number of hydrogen-bond acceptors (Lipinski definition) is 3. The number of hydrogen-bond donors (Lipinski definition) is 1. The van der Waals surface area contributed by atoms with Crippen molar-refractivity contribution < 1.29 is 23.2 Å². The second-order valence-corrected chi connectivity index (χ2v) is 8.98. The van der Waals surface area contributed by atoms with Crippen molar-refractivity contribution in [1.29, 1.82) is 0 Å². The third-order valence-electron chi connectivity index (χ3n) is 6.70. The summed E-state index contributed by atoms with van der Waals surface area (Å²) in [4.78, 5) is 42.6. The molecule has 0 radical (unpaired) electrons. The van der Waals surface area contributed by atoms with Crippen LogP contribution in [0.4, 0.5) is 8.78 Å². The molecule has 0 spiro atoms. The zero-order valence-electron chi connectivity index (χ0n) is 19.0. The Morgan fingerprint density at radius 3 is 2.12 bits per heavy atom. The van der Waals surface area contributed by atoms with Gasteiger partial charge in [-0.15, -0.1) is 0 Å². The number of halogens is 2. The summed E-state index contributed by atoms with van der Waals surface area (Å²) in [7, 11) is 0. The number of amides is 3. The van der Waals surface area contributed by atoms with E-state index in [9.17, 15) is 23.2 Å². The highest BCUT2D eigenvalue weighted by Gasteiger charge is 2.36. The summed E-state index contributed by atoms with van der Waals surface area (Å²) in [5.74, 6) is -1.81. The van der Waals surface area contributed by atoms with E-state index in [4.69, 9.17) is 0 Å². The fourth-order valence-electron chi connectivity index (χ4n) is 4.76. The average Bonchev–Trinajstić information content (AvgIpc) is 2.87. The Morgan fingerprint density at radius 1 is 0.794 bits per heavy atom. The number of rotatable bonds is 5. The quantitative estimate of drug-likeness (QED) is 0.727. The largest absolute Gasteiger partial charge is 0.341 e. The van der Waals surface area contributed by atoms with Crippen molar-refractivity contribution in [3.05, 3.63) is 71.3 Å². The lowest BCUT2D eigenvalue weighted by atomic mass is 9.87. The van der Waals surface area contributed by atoms with Crippen LogP contribution >= 0.6 is 0 Å². The number of nitrogens with one attached hydrogen (secondary N) is 1. The molecule has 1 N–H and O–H groups in total. The van der Waals surface area contributed by atoms with E-state index in [-0.39, 0.29) is 23.3 Å². The molecule has 0 aromatic heterocycles. The van der Waals surface area contributed by atoms with Crippen LogP contribution < -0.4 is 5.32 Å². The van der Waals surface area contributed by atoms with E-state index in [2.05, 4.69) is 5.32 Å². The molecule has 8 heteroatoms.